The molecular weight excluding hydrogens is 472 g/mol. The number of carbonyl (C=O) groups excluding carboxylic acids is 1. The number of sulfone groups is 1. The second kappa shape index (κ2) is 10.5. The fourth-order valence-corrected chi connectivity index (χ4v) is 5.57. The Morgan fingerprint density at radius 2 is 1.81 bits per heavy atom. The lowest BCUT2D eigenvalue weighted by Crippen LogP contribution is -2.30. The second-order valence-electron chi connectivity index (χ2n) is 8.74. The second-order valence-corrected chi connectivity index (χ2v) is 10.6. The first-order valence-electron chi connectivity index (χ1n) is 11.8. The summed E-state index contributed by atoms with van der Waals surface area (Å²) >= 11 is 0. The van der Waals surface area contributed by atoms with Crippen LogP contribution in [0.5, 0.6) is 0 Å². The van der Waals surface area contributed by atoms with Crippen molar-refractivity contribution in [1.82, 2.24) is 10.0 Å². The van der Waals surface area contributed by atoms with E-state index in [1.165, 1.54) is 5.41 Å². The number of fused-ring (bicyclic) bond motifs is 1. The Kier molecular flexibility index (Phi) is 6.98. The van der Waals surface area contributed by atoms with Crippen molar-refractivity contribution in [1.29, 1.82) is 0 Å². The van der Waals surface area contributed by atoms with Gasteiger partial charge in [-0.15, -0.1) is 0 Å². The number of H-pyrrole nitrogens is 1. The minimum Gasteiger partial charge on any atom is -0.361 e. The lowest BCUT2D eigenvalue weighted by atomic mass is 9.97. The molecule has 7 heteroatoms. The van der Waals surface area contributed by atoms with E-state index in [4.69, 9.17) is 4.84 Å². The maximum Gasteiger partial charge on any atom is 0.199 e. The van der Waals surface area contributed by atoms with Crippen LogP contribution in [0, 0.1) is 0 Å². The predicted molar refractivity (Wildman–Crippen MR) is 141 cm³/mol. The number of aromatic nitrogens is 1. The van der Waals surface area contributed by atoms with E-state index < -0.39 is 9.84 Å². The van der Waals surface area contributed by atoms with Crippen LogP contribution in [-0.4, -0.2) is 37.0 Å². The summed E-state index contributed by atoms with van der Waals surface area (Å²) in [6.45, 7) is 1.17. The zero-order valence-electron chi connectivity index (χ0n) is 19.6. The molecule has 1 saturated heterocycles. The molecule has 3 aromatic carbocycles. The van der Waals surface area contributed by atoms with Crippen molar-refractivity contribution in [2.45, 2.75) is 30.4 Å². The molecule has 1 atom stereocenters. The Morgan fingerprint density at radius 3 is 2.56 bits per heavy atom. The molecule has 6 nitrogen and oxygen atoms in total. The van der Waals surface area contributed by atoms with Crippen molar-refractivity contribution in [3.05, 3.63) is 107 Å². The summed E-state index contributed by atoms with van der Waals surface area (Å²) in [6, 6.07) is 23.6. The highest BCUT2D eigenvalue weighted by molar-refractivity contribution is 7.94. The van der Waals surface area contributed by atoms with Crippen LogP contribution in [0.4, 0.5) is 0 Å². The highest BCUT2D eigenvalue weighted by Crippen LogP contribution is 2.34. The van der Waals surface area contributed by atoms with E-state index >= 15 is 0 Å². The van der Waals surface area contributed by atoms with Crippen LogP contribution in [0.25, 0.3) is 22.6 Å². The van der Waals surface area contributed by atoms with Crippen LogP contribution in [0.15, 0.2) is 95.4 Å². The van der Waals surface area contributed by atoms with Crippen LogP contribution in [0.1, 0.15) is 29.5 Å². The number of hydrogen-bond acceptors (Lipinski definition) is 5. The van der Waals surface area contributed by atoms with Crippen LogP contribution in [0.3, 0.4) is 0 Å². The third-order valence-corrected chi connectivity index (χ3v) is 7.82. The number of hydroxylamine groups is 2. The van der Waals surface area contributed by atoms with Crippen molar-refractivity contribution < 1.29 is 18.0 Å². The molecule has 0 amide bonds. The van der Waals surface area contributed by atoms with Crippen LogP contribution in [-0.2, 0) is 26.1 Å². The van der Waals surface area contributed by atoms with E-state index in [9.17, 15) is 13.2 Å². The number of aromatic amines is 1. The van der Waals surface area contributed by atoms with Gasteiger partial charge in [0.15, 0.2) is 9.84 Å². The van der Waals surface area contributed by atoms with Crippen molar-refractivity contribution in [2.24, 2.45) is 0 Å². The Bertz CT molecular complexity index is 1540. The molecule has 0 bridgehead atoms. The van der Waals surface area contributed by atoms with Crippen molar-refractivity contribution in [3.8, 4) is 0 Å². The number of hydrogen-bond donors (Lipinski definition) is 1. The van der Waals surface area contributed by atoms with Gasteiger partial charge in [-0.3, -0.25) is 4.84 Å². The first-order valence-corrected chi connectivity index (χ1v) is 13.4. The zero-order chi connectivity index (χ0) is 25.0. The highest BCUT2D eigenvalue weighted by Gasteiger charge is 2.31. The lowest BCUT2D eigenvalue weighted by Gasteiger charge is -2.24. The summed E-state index contributed by atoms with van der Waals surface area (Å²) in [5.74, 6) is 2.18. The van der Waals surface area contributed by atoms with Crippen molar-refractivity contribution in [3.63, 3.8) is 0 Å². The Labute approximate surface area is 210 Å². The van der Waals surface area contributed by atoms with Crippen molar-refractivity contribution in [2.75, 3.05) is 6.54 Å². The normalized spacial score (nSPS) is 16.5. The van der Waals surface area contributed by atoms with Gasteiger partial charge in [-0.2, -0.15) is 5.06 Å². The molecule has 2 heterocycles. The first-order chi connectivity index (χ1) is 17.5. The number of benzene rings is 3. The smallest absolute Gasteiger partial charge is 0.199 e. The third kappa shape index (κ3) is 5.10. The molecule has 0 radical (unpaired) electrons. The highest BCUT2D eigenvalue weighted by atomic mass is 32.2. The van der Waals surface area contributed by atoms with Gasteiger partial charge in [0.1, 0.15) is 5.94 Å². The van der Waals surface area contributed by atoms with E-state index in [0.29, 0.717) is 12.2 Å². The molecule has 0 unspecified atom stereocenters. The quantitative estimate of drug-likeness (QED) is 0.328. The minimum absolute atomic E-state index is 0.206. The number of rotatable bonds is 8. The molecule has 1 N–H and O–H groups in total. The largest absolute Gasteiger partial charge is 0.361 e. The molecule has 4 aromatic rings. The summed E-state index contributed by atoms with van der Waals surface area (Å²) in [6.07, 6.45) is 5.10. The van der Waals surface area contributed by atoms with Crippen LogP contribution < -0.4 is 0 Å². The SMILES string of the molecule is O=C=C(c1c[nH]c2ccc(C=CS(=O)(=O)c3ccccc3)cc12)[C@H]1CCCN1OCc1ccccc1. The molecule has 0 aliphatic carbocycles. The van der Waals surface area contributed by atoms with E-state index in [0.717, 1.165) is 47.0 Å². The topological polar surface area (TPSA) is 79.5 Å². The fraction of sp³-hybridized carbons (Fsp3) is 0.172. The van der Waals surface area contributed by atoms with E-state index in [1.54, 1.807) is 36.4 Å². The van der Waals surface area contributed by atoms with E-state index in [2.05, 4.69) is 10.9 Å². The summed E-state index contributed by atoms with van der Waals surface area (Å²) in [4.78, 5) is 21.7. The summed E-state index contributed by atoms with van der Waals surface area (Å²) < 4.78 is 25.3. The molecule has 182 valence electrons. The average molecular weight is 499 g/mol. The number of nitrogens with one attached hydrogen (secondary N) is 1. The minimum atomic E-state index is -3.56. The first kappa shape index (κ1) is 24.0. The van der Waals surface area contributed by atoms with Gasteiger partial charge in [0, 0.05) is 34.6 Å². The molecule has 1 aliphatic rings. The van der Waals surface area contributed by atoms with Gasteiger partial charge in [-0.1, -0.05) is 54.6 Å². The van der Waals surface area contributed by atoms with Gasteiger partial charge in [-0.25, -0.2) is 13.2 Å². The monoisotopic (exact) mass is 498 g/mol. The van der Waals surface area contributed by atoms with Crippen molar-refractivity contribution >= 4 is 38.3 Å². The molecule has 36 heavy (non-hydrogen) atoms. The standard InChI is InChI=1S/C29H26N2O4S/c32-20-27(29-12-7-16-31(29)35-21-23-8-3-1-4-9-23)26-19-30-28-14-13-22(18-25(26)28)15-17-36(33,34)24-10-5-2-6-11-24/h1-6,8-11,13-15,17-19,29-30H,7,12,16,21H2/t29-/m1/s1. The van der Waals surface area contributed by atoms with Gasteiger partial charge in [0.25, 0.3) is 0 Å². The van der Waals surface area contributed by atoms with E-state index in [1.807, 2.05) is 59.8 Å². The molecule has 1 fully saturated rings. The predicted octanol–water partition coefficient (Wildman–Crippen LogP) is 5.42. The zero-order valence-corrected chi connectivity index (χ0v) is 20.4. The lowest BCUT2D eigenvalue weighted by molar-refractivity contribution is -0.167. The molecule has 0 spiro atoms. The Morgan fingerprint density at radius 1 is 1.06 bits per heavy atom. The summed E-state index contributed by atoms with van der Waals surface area (Å²) in [7, 11) is -3.56. The molecular formula is C29H26N2O4S. The van der Waals surface area contributed by atoms with Gasteiger partial charge in [-0.05, 0) is 54.3 Å². The van der Waals surface area contributed by atoms with E-state index in [-0.39, 0.29) is 10.9 Å². The maximum absolute atomic E-state index is 12.6. The summed E-state index contributed by atoms with van der Waals surface area (Å²) in [5.41, 5.74) is 3.92. The van der Waals surface area contributed by atoms with Crippen LogP contribution in [0.2, 0.25) is 0 Å². The van der Waals surface area contributed by atoms with Gasteiger partial charge < -0.3 is 4.98 Å². The van der Waals surface area contributed by atoms with Gasteiger partial charge in [0.2, 0.25) is 0 Å². The number of nitrogens with zero attached hydrogens (tertiary/aromatic N) is 1. The summed E-state index contributed by atoms with van der Waals surface area (Å²) in [5, 5.41) is 3.92. The molecule has 5 rings (SSSR count). The van der Waals surface area contributed by atoms with Gasteiger partial charge in [0.05, 0.1) is 23.1 Å². The molecule has 1 aliphatic heterocycles. The molecule has 0 saturated carbocycles. The van der Waals surface area contributed by atoms with Gasteiger partial charge >= 0.3 is 0 Å². The van der Waals surface area contributed by atoms with Crippen LogP contribution >= 0.6 is 0 Å². The average Bonchev–Trinajstić information content (AvgIpc) is 3.55. The molecule has 1 aromatic heterocycles. The third-order valence-electron chi connectivity index (χ3n) is 6.39. The fourth-order valence-electron chi connectivity index (χ4n) is 4.54. The Balaban J connectivity index is 1.40. The Hall–Kier alpha value is -3.74. The maximum atomic E-state index is 12.6.